The molecule has 1 unspecified atom stereocenters. The summed E-state index contributed by atoms with van der Waals surface area (Å²) in [4.78, 5) is 0. The van der Waals surface area contributed by atoms with Crippen LogP contribution in [0.2, 0.25) is 0 Å². The second-order valence-corrected chi connectivity index (χ2v) is 4.75. The van der Waals surface area contributed by atoms with Crippen LogP contribution in [0.3, 0.4) is 0 Å². The number of anilines is 1. The van der Waals surface area contributed by atoms with Crippen LogP contribution in [0.15, 0.2) is 48.5 Å². The van der Waals surface area contributed by atoms with E-state index >= 15 is 0 Å². The zero-order valence-corrected chi connectivity index (χ0v) is 12.0. The lowest BCUT2D eigenvalue weighted by Gasteiger charge is -2.19. The fourth-order valence-corrected chi connectivity index (χ4v) is 2.16. The standard InChI is InChI=1S/C17H21NO2/c1-3-20-16-9-5-7-14(11-16)17(12-19)18-15-8-4-6-13(2)10-15/h4-11,17-19H,3,12H2,1-2H3. The summed E-state index contributed by atoms with van der Waals surface area (Å²) in [6.07, 6.45) is 0. The highest BCUT2D eigenvalue weighted by atomic mass is 16.5. The van der Waals surface area contributed by atoms with Crippen molar-refractivity contribution in [2.24, 2.45) is 0 Å². The Morgan fingerprint density at radius 3 is 2.65 bits per heavy atom. The summed E-state index contributed by atoms with van der Waals surface area (Å²) in [6, 6.07) is 15.8. The number of ether oxygens (including phenoxy) is 1. The van der Waals surface area contributed by atoms with Crippen molar-refractivity contribution < 1.29 is 9.84 Å². The summed E-state index contributed by atoms with van der Waals surface area (Å²) in [5.74, 6) is 0.828. The monoisotopic (exact) mass is 271 g/mol. The molecule has 2 aromatic rings. The van der Waals surface area contributed by atoms with Crippen LogP contribution in [0.25, 0.3) is 0 Å². The average molecular weight is 271 g/mol. The van der Waals surface area contributed by atoms with E-state index in [0.29, 0.717) is 6.61 Å². The Hall–Kier alpha value is -2.00. The molecule has 0 spiro atoms. The third-order valence-electron chi connectivity index (χ3n) is 3.11. The van der Waals surface area contributed by atoms with Crippen molar-refractivity contribution in [2.45, 2.75) is 19.9 Å². The minimum Gasteiger partial charge on any atom is -0.494 e. The number of nitrogens with one attached hydrogen (secondary N) is 1. The number of rotatable bonds is 6. The molecular weight excluding hydrogens is 250 g/mol. The first kappa shape index (κ1) is 14.4. The lowest BCUT2D eigenvalue weighted by Crippen LogP contribution is -2.15. The number of hydrogen-bond donors (Lipinski definition) is 2. The Kier molecular flexibility index (Phi) is 5.02. The van der Waals surface area contributed by atoms with E-state index < -0.39 is 0 Å². The maximum absolute atomic E-state index is 9.63. The molecule has 2 aromatic carbocycles. The Labute approximate surface area is 120 Å². The summed E-state index contributed by atoms with van der Waals surface area (Å²) >= 11 is 0. The van der Waals surface area contributed by atoms with Crippen molar-refractivity contribution in [1.29, 1.82) is 0 Å². The van der Waals surface area contributed by atoms with E-state index in [9.17, 15) is 5.11 Å². The van der Waals surface area contributed by atoms with Gasteiger partial charge in [0.15, 0.2) is 0 Å². The van der Waals surface area contributed by atoms with Gasteiger partial charge in [-0.05, 0) is 49.2 Å². The zero-order valence-electron chi connectivity index (χ0n) is 12.0. The molecule has 0 aromatic heterocycles. The normalized spacial score (nSPS) is 11.9. The summed E-state index contributed by atoms with van der Waals surface area (Å²) < 4.78 is 5.50. The Bertz CT molecular complexity index is 554. The van der Waals surface area contributed by atoms with Crippen LogP contribution < -0.4 is 10.1 Å². The largest absolute Gasteiger partial charge is 0.494 e. The van der Waals surface area contributed by atoms with Gasteiger partial charge in [-0.3, -0.25) is 0 Å². The maximum Gasteiger partial charge on any atom is 0.119 e. The molecule has 0 heterocycles. The first-order valence-corrected chi connectivity index (χ1v) is 6.89. The highest BCUT2D eigenvalue weighted by Gasteiger charge is 2.11. The van der Waals surface area contributed by atoms with Gasteiger partial charge in [-0.15, -0.1) is 0 Å². The third-order valence-corrected chi connectivity index (χ3v) is 3.11. The molecular formula is C17H21NO2. The number of benzene rings is 2. The van der Waals surface area contributed by atoms with E-state index in [1.54, 1.807) is 0 Å². The molecule has 0 aliphatic carbocycles. The van der Waals surface area contributed by atoms with Gasteiger partial charge in [-0.1, -0.05) is 24.3 Å². The minimum absolute atomic E-state index is 0.0313. The summed E-state index contributed by atoms with van der Waals surface area (Å²) in [7, 11) is 0. The molecule has 0 saturated heterocycles. The van der Waals surface area contributed by atoms with E-state index in [2.05, 4.69) is 24.4 Å². The Morgan fingerprint density at radius 1 is 1.15 bits per heavy atom. The highest BCUT2D eigenvalue weighted by molar-refractivity contribution is 5.48. The minimum atomic E-state index is -0.141. The molecule has 0 amide bonds. The molecule has 0 aliphatic rings. The molecule has 0 saturated carbocycles. The second-order valence-electron chi connectivity index (χ2n) is 4.75. The van der Waals surface area contributed by atoms with Crippen molar-refractivity contribution in [3.05, 3.63) is 59.7 Å². The fourth-order valence-electron chi connectivity index (χ4n) is 2.16. The SMILES string of the molecule is CCOc1cccc(C(CO)Nc2cccc(C)c2)c1. The summed E-state index contributed by atoms with van der Waals surface area (Å²) in [5, 5.41) is 13.0. The zero-order chi connectivity index (χ0) is 14.4. The topological polar surface area (TPSA) is 41.5 Å². The van der Waals surface area contributed by atoms with Gasteiger partial charge in [-0.2, -0.15) is 0 Å². The lowest BCUT2D eigenvalue weighted by molar-refractivity contribution is 0.275. The van der Waals surface area contributed by atoms with Gasteiger partial charge in [0.25, 0.3) is 0 Å². The predicted octanol–water partition coefficient (Wildman–Crippen LogP) is 3.54. The summed E-state index contributed by atoms with van der Waals surface area (Å²) in [6.45, 7) is 4.68. The second kappa shape index (κ2) is 6.96. The van der Waals surface area contributed by atoms with Gasteiger partial charge >= 0.3 is 0 Å². The average Bonchev–Trinajstić information content (AvgIpc) is 2.45. The van der Waals surface area contributed by atoms with E-state index in [1.165, 1.54) is 5.56 Å². The van der Waals surface area contributed by atoms with Gasteiger partial charge < -0.3 is 15.2 Å². The first-order valence-electron chi connectivity index (χ1n) is 6.89. The lowest BCUT2D eigenvalue weighted by atomic mass is 10.1. The van der Waals surface area contributed by atoms with Gasteiger partial charge in [0.2, 0.25) is 0 Å². The molecule has 0 bridgehead atoms. The van der Waals surface area contributed by atoms with Crippen molar-refractivity contribution in [3.63, 3.8) is 0 Å². The molecule has 3 heteroatoms. The molecule has 0 aliphatic heterocycles. The van der Waals surface area contributed by atoms with Crippen LogP contribution in [-0.2, 0) is 0 Å². The molecule has 2 N–H and O–H groups in total. The smallest absolute Gasteiger partial charge is 0.119 e. The number of aliphatic hydroxyl groups excluding tert-OH is 1. The Balaban J connectivity index is 2.17. The van der Waals surface area contributed by atoms with E-state index in [-0.39, 0.29) is 12.6 Å². The molecule has 3 nitrogen and oxygen atoms in total. The van der Waals surface area contributed by atoms with Crippen LogP contribution >= 0.6 is 0 Å². The number of aliphatic hydroxyl groups is 1. The number of aryl methyl sites for hydroxylation is 1. The fraction of sp³-hybridized carbons (Fsp3) is 0.294. The van der Waals surface area contributed by atoms with Gasteiger partial charge in [-0.25, -0.2) is 0 Å². The summed E-state index contributed by atoms with van der Waals surface area (Å²) in [5.41, 5.74) is 3.21. The van der Waals surface area contributed by atoms with Crippen LogP contribution in [-0.4, -0.2) is 18.3 Å². The van der Waals surface area contributed by atoms with E-state index in [1.807, 2.05) is 43.3 Å². The molecule has 0 fully saturated rings. The third kappa shape index (κ3) is 3.75. The van der Waals surface area contributed by atoms with Gasteiger partial charge in [0.05, 0.1) is 19.3 Å². The van der Waals surface area contributed by atoms with E-state index in [0.717, 1.165) is 17.0 Å². The Morgan fingerprint density at radius 2 is 1.95 bits per heavy atom. The molecule has 0 radical (unpaired) electrons. The van der Waals surface area contributed by atoms with Gasteiger partial charge in [0.1, 0.15) is 5.75 Å². The molecule has 106 valence electrons. The quantitative estimate of drug-likeness (QED) is 0.844. The van der Waals surface area contributed by atoms with Crippen molar-refractivity contribution in [1.82, 2.24) is 0 Å². The van der Waals surface area contributed by atoms with E-state index in [4.69, 9.17) is 4.74 Å². The van der Waals surface area contributed by atoms with Gasteiger partial charge in [0, 0.05) is 5.69 Å². The number of hydrogen-bond acceptors (Lipinski definition) is 3. The highest BCUT2D eigenvalue weighted by Crippen LogP contribution is 2.23. The van der Waals surface area contributed by atoms with Crippen LogP contribution in [0.5, 0.6) is 5.75 Å². The van der Waals surface area contributed by atoms with Crippen molar-refractivity contribution >= 4 is 5.69 Å². The molecule has 2 rings (SSSR count). The van der Waals surface area contributed by atoms with Crippen molar-refractivity contribution in [3.8, 4) is 5.75 Å². The maximum atomic E-state index is 9.63. The predicted molar refractivity (Wildman–Crippen MR) is 82.2 cm³/mol. The van der Waals surface area contributed by atoms with Crippen LogP contribution in [0.1, 0.15) is 24.1 Å². The van der Waals surface area contributed by atoms with Crippen LogP contribution in [0.4, 0.5) is 5.69 Å². The first-order chi connectivity index (χ1) is 9.72. The van der Waals surface area contributed by atoms with Crippen LogP contribution in [0, 0.1) is 6.92 Å². The van der Waals surface area contributed by atoms with Crippen molar-refractivity contribution in [2.75, 3.05) is 18.5 Å². The molecule has 20 heavy (non-hydrogen) atoms. The molecule has 1 atom stereocenters.